The molecule has 1 saturated heterocycles. The fourth-order valence-electron chi connectivity index (χ4n) is 3.69. The molecule has 0 spiro atoms. The summed E-state index contributed by atoms with van der Waals surface area (Å²) in [6.45, 7) is 4.71. The number of benzene rings is 1. The maximum atomic E-state index is 4.34. The zero-order valence-electron chi connectivity index (χ0n) is 15.7. The molecular formula is C22H27N5. The standard InChI is InChI=1S/C22H27N5/c1-3-8-20(9-4-1)27(16-7-15-26-13-5-2-6-14-26)17-10-19-18-21-22(25-19)24-12-11-23-21/h1,3-4,8-12,17-18H,2,5-7,13-16H2,(H,24,25)/b17-10+. The van der Waals surface area contributed by atoms with Crippen LogP contribution in [0.3, 0.4) is 0 Å². The second kappa shape index (κ2) is 8.82. The van der Waals surface area contributed by atoms with Gasteiger partial charge in [-0.15, -0.1) is 0 Å². The first-order valence-electron chi connectivity index (χ1n) is 9.90. The van der Waals surface area contributed by atoms with E-state index < -0.39 is 0 Å². The highest BCUT2D eigenvalue weighted by Gasteiger charge is 2.10. The van der Waals surface area contributed by atoms with Crippen LogP contribution in [0.2, 0.25) is 0 Å². The predicted octanol–water partition coefficient (Wildman–Crippen LogP) is 4.31. The third kappa shape index (κ3) is 4.74. The number of aromatic amines is 1. The number of piperidine rings is 1. The molecule has 1 aliphatic rings. The Labute approximate surface area is 160 Å². The van der Waals surface area contributed by atoms with Gasteiger partial charge in [-0.1, -0.05) is 24.6 Å². The predicted molar refractivity (Wildman–Crippen MR) is 112 cm³/mol. The monoisotopic (exact) mass is 361 g/mol. The molecule has 0 aliphatic carbocycles. The summed E-state index contributed by atoms with van der Waals surface area (Å²) in [5, 5.41) is 0. The molecule has 1 N–H and O–H groups in total. The largest absolute Gasteiger partial charge is 0.348 e. The minimum atomic E-state index is 0.827. The van der Waals surface area contributed by atoms with Crippen LogP contribution in [0.15, 0.2) is 55.0 Å². The maximum Gasteiger partial charge on any atom is 0.156 e. The summed E-state index contributed by atoms with van der Waals surface area (Å²) in [6.07, 6.45) is 13.0. The van der Waals surface area contributed by atoms with Gasteiger partial charge in [0.05, 0.1) is 0 Å². The summed E-state index contributed by atoms with van der Waals surface area (Å²) in [6, 6.07) is 12.6. The van der Waals surface area contributed by atoms with E-state index in [9.17, 15) is 0 Å². The van der Waals surface area contributed by atoms with E-state index in [4.69, 9.17) is 0 Å². The average Bonchev–Trinajstić information content (AvgIpc) is 3.15. The summed E-state index contributed by atoms with van der Waals surface area (Å²) in [4.78, 5) is 16.9. The molecule has 1 aromatic carbocycles. The fraction of sp³-hybridized carbons (Fsp3) is 0.364. The highest BCUT2D eigenvalue weighted by atomic mass is 15.1. The number of fused-ring (bicyclic) bond motifs is 1. The van der Waals surface area contributed by atoms with Crippen LogP contribution in [0, 0.1) is 0 Å². The van der Waals surface area contributed by atoms with Gasteiger partial charge in [-0.05, 0) is 63.2 Å². The Bertz CT molecular complexity index is 832. The van der Waals surface area contributed by atoms with Crippen molar-refractivity contribution < 1.29 is 0 Å². The van der Waals surface area contributed by atoms with Crippen molar-refractivity contribution in [3.05, 3.63) is 60.7 Å². The molecular weight excluding hydrogens is 334 g/mol. The van der Waals surface area contributed by atoms with Gasteiger partial charge < -0.3 is 14.8 Å². The van der Waals surface area contributed by atoms with Gasteiger partial charge in [0.1, 0.15) is 5.52 Å². The van der Waals surface area contributed by atoms with Gasteiger partial charge in [-0.25, -0.2) is 4.98 Å². The topological polar surface area (TPSA) is 48.1 Å². The number of para-hydroxylation sites is 1. The molecule has 0 unspecified atom stereocenters. The summed E-state index contributed by atoms with van der Waals surface area (Å²) in [7, 11) is 0. The Balaban J connectivity index is 1.44. The van der Waals surface area contributed by atoms with Crippen LogP contribution < -0.4 is 4.90 Å². The first-order valence-corrected chi connectivity index (χ1v) is 9.90. The molecule has 1 fully saturated rings. The second-order valence-electron chi connectivity index (χ2n) is 7.12. The van der Waals surface area contributed by atoms with E-state index in [1.165, 1.54) is 44.6 Å². The van der Waals surface area contributed by atoms with Crippen LogP contribution in [0.4, 0.5) is 5.69 Å². The van der Waals surface area contributed by atoms with Crippen molar-refractivity contribution in [1.82, 2.24) is 19.9 Å². The Morgan fingerprint density at radius 3 is 2.67 bits per heavy atom. The normalized spacial score (nSPS) is 15.6. The van der Waals surface area contributed by atoms with Gasteiger partial charge in [0, 0.05) is 36.5 Å². The Morgan fingerprint density at radius 2 is 1.85 bits per heavy atom. The lowest BCUT2D eigenvalue weighted by Gasteiger charge is -2.28. The van der Waals surface area contributed by atoms with Gasteiger partial charge in [0.25, 0.3) is 0 Å². The van der Waals surface area contributed by atoms with Crippen LogP contribution in [-0.4, -0.2) is 46.0 Å². The number of hydrogen-bond acceptors (Lipinski definition) is 4. The molecule has 3 aromatic rings. The van der Waals surface area contributed by atoms with Crippen LogP contribution in [0.1, 0.15) is 31.4 Å². The molecule has 0 amide bonds. The minimum Gasteiger partial charge on any atom is -0.348 e. The number of nitrogens with one attached hydrogen (secondary N) is 1. The molecule has 0 radical (unpaired) electrons. The van der Waals surface area contributed by atoms with Crippen molar-refractivity contribution in [3.8, 4) is 0 Å². The third-order valence-corrected chi connectivity index (χ3v) is 5.13. The van der Waals surface area contributed by atoms with Crippen molar-refractivity contribution in [2.75, 3.05) is 31.1 Å². The third-order valence-electron chi connectivity index (χ3n) is 5.13. The summed E-state index contributed by atoms with van der Waals surface area (Å²) < 4.78 is 0. The van der Waals surface area contributed by atoms with E-state index in [0.29, 0.717) is 0 Å². The highest BCUT2D eigenvalue weighted by molar-refractivity contribution is 5.75. The zero-order chi connectivity index (χ0) is 18.3. The van der Waals surface area contributed by atoms with Gasteiger partial charge in [0.2, 0.25) is 0 Å². The van der Waals surface area contributed by atoms with Crippen LogP contribution >= 0.6 is 0 Å². The second-order valence-corrected chi connectivity index (χ2v) is 7.12. The number of H-pyrrole nitrogens is 1. The number of aromatic nitrogens is 3. The highest BCUT2D eigenvalue weighted by Crippen LogP contribution is 2.17. The molecule has 3 heterocycles. The molecule has 0 saturated carbocycles. The first kappa shape index (κ1) is 17.7. The lowest BCUT2D eigenvalue weighted by molar-refractivity contribution is 0.227. The number of anilines is 1. The van der Waals surface area contributed by atoms with E-state index in [-0.39, 0.29) is 0 Å². The van der Waals surface area contributed by atoms with Gasteiger partial charge >= 0.3 is 0 Å². The summed E-state index contributed by atoms with van der Waals surface area (Å²) >= 11 is 0. The molecule has 1 aliphatic heterocycles. The Morgan fingerprint density at radius 1 is 1.04 bits per heavy atom. The summed E-state index contributed by atoms with van der Waals surface area (Å²) in [5.41, 5.74) is 3.97. The quantitative estimate of drug-likeness (QED) is 0.681. The molecule has 5 nitrogen and oxygen atoms in total. The van der Waals surface area contributed by atoms with Crippen molar-refractivity contribution in [3.63, 3.8) is 0 Å². The van der Waals surface area contributed by atoms with E-state index in [1.54, 1.807) is 12.4 Å². The van der Waals surface area contributed by atoms with E-state index in [1.807, 2.05) is 6.07 Å². The van der Waals surface area contributed by atoms with Gasteiger partial charge in [-0.2, -0.15) is 0 Å². The van der Waals surface area contributed by atoms with E-state index in [2.05, 4.69) is 67.4 Å². The Kier molecular flexibility index (Phi) is 5.80. The first-order chi connectivity index (χ1) is 13.4. The van der Waals surface area contributed by atoms with E-state index >= 15 is 0 Å². The molecule has 4 rings (SSSR count). The number of hydrogen-bond donors (Lipinski definition) is 1. The van der Waals surface area contributed by atoms with Crippen molar-refractivity contribution in [2.45, 2.75) is 25.7 Å². The average molecular weight is 361 g/mol. The zero-order valence-corrected chi connectivity index (χ0v) is 15.7. The molecule has 27 heavy (non-hydrogen) atoms. The SMILES string of the molecule is C(=C\N(CCCN1CCCCC1)c1ccccc1)/c1cc2nccnc2[nH]1. The molecule has 140 valence electrons. The molecule has 0 atom stereocenters. The lowest BCUT2D eigenvalue weighted by Crippen LogP contribution is -2.32. The van der Waals surface area contributed by atoms with Crippen LogP contribution in [0.25, 0.3) is 17.2 Å². The smallest absolute Gasteiger partial charge is 0.156 e. The summed E-state index contributed by atoms with van der Waals surface area (Å²) in [5.74, 6) is 0. The van der Waals surface area contributed by atoms with Gasteiger partial charge in [0.15, 0.2) is 5.65 Å². The van der Waals surface area contributed by atoms with Crippen LogP contribution in [-0.2, 0) is 0 Å². The van der Waals surface area contributed by atoms with Crippen molar-refractivity contribution in [1.29, 1.82) is 0 Å². The fourth-order valence-corrected chi connectivity index (χ4v) is 3.69. The van der Waals surface area contributed by atoms with Crippen molar-refractivity contribution in [2.24, 2.45) is 0 Å². The number of nitrogens with zero attached hydrogens (tertiary/aromatic N) is 4. The molecule has 0 bridgehead atoms. The molecule has 5 heteroatoms. The molecule has 2 aromatic heterocycles. The Hall–Kier alpha value is -2.66. The van der Waals surface area contributed by atoms with Crippen molar-refractivity contribution >= 4 is 22.9 Å². The maximum absolute atomic E-state index is 4.34. The minimum absolute atomic E-state index is 0.827. The van der Waals surface area contributed by atoms with Crippen LogP contribution in [0.5, 0.6) is 0 Å². The number of rotatable bonds is 7. The van der Waals surface area contributed by atoms with E-state index in [0.717, 1.165) is 29.8 Å². The number of likely N-dealkylation sites (tertiary alicyclic amines) is 1. The van der Waals surface area contributed by atoms with Gasteiger partial charge in [-0.3, -0.25) is 4.98 Å². The lowest BCUT2D eigenvalue weighted by atomic mass is 10.1.